The van der Waals surface area contributed by atoms with Crippen molar-refractivity contribution in [3.8, 4) is 0 Å². The van der Waals surface area contributed by atoms with E-state index < -0.39 is 0 Å². The van der Waals surface area contributed by atoms with Gasteiger partial charge in [-0.05, 0) is 49.1 Å². The Morgan fingerprint density at radius 1 is 1.55 bits per heavy atom. The zero-order valence-electron chi connectivity index (χ0n) is 13.0. The summed E-state index contributed by atoms with van der Waals surface area (Å²) in [5, 5.41) is 5.04. The van der Waals surface area contributed by atoms with Gasteiger partial charge in [0.2, 0.25) is 0 Å². The van der Waals surface area contributed by atoms with Crippen LogP contribution in [0.4, 0.5) is 0 Å². The van der Waals surface area contributed by atoms with Crippen LogP contribution in [-0.4, -0.2) is 28.9 Å². The first kappa shape index (κ1) is 15.6. The summed E-state index contributed by atoms with van der Waals surface area (Å²) in [7, 11) is 1.66. The molecule has 0 radical (unpaired) electrons. The molecule has 1 aliphatic rings. The van der Waals surface area contributed by atoms with E-state index >= 15 is 0 Å². The second-order valence-electron chi connectivity index (χ2n) is 5.64. The van der Waals surface area contributed by atoms with Crippen LogP contribution in [0.15, 0.2) is 16.8 Å². The fourth-order valence-corrected chi connectivity index (χ4v) is 4.06. The number of aryl methyl sites for hydroxylation is 1. The predicted octanol–water partition coefficient (Wildman–Crippen LogP) is 4.03. The van der Waals surface area contributed by atoms with E-state index in [4.69, 9.17) is 4.74 Å². The van der Waals surface area contributed by atoms with Gasteiger partial charge in [-0.3, -0.25) is 4.79 Å². The smallest absolute Gasteiger partial charge is 0.266 e. The van der Waals surface area contributed by atoms with Crippen LogP contribution < -0.4 is 0 Å². The van der Waals surface area contributed by atoms with Crippen LogP contribution in [0.3, 0.4) is 0 Å². The highest BCUT2D eigenvalue weighted by molar-refractivity contribution is 7.13. The first-order valence-electron chi connectivity index (χ1n) is 7.42. The van der Waals surface area contributed by atoms with Crippen molar-refractivity contribution in [3.05, 3.63) is 38.0 Å². The van der Waals surface area contributed by atoms with Gasteiger partial charge in [0.25, 0.3) is 5.91 Å². The van der Waals surface area contributed by atoms with Gasteiger partial charge in [-0.25, -0.2) is 4.98 Å². The number of thiophene rings is 1. The van der Waals surface area contributed by atoms with Crippen LogP contribution in [0, 0.1) is 6.92 Å². The summed E-state index contributed by atoms with van der Waals surface area (Å²) < 4.78 is 5.31. The molecule has 0 unspecified atom stereocenters. The van der Waals surface area contributed by atoms with Crippen LogP contribution in [0.5, 0.6) is 0 Å². The van der Waals surface area contributed by atoms with Crippen LogP contribution in [0.25, 0.3) is 0 Å². The minimum atomic E-state index is -0.0727. The van der Waals surface area contributed by atoms with Gasteiger partial charge in [-0.2, -0.15) is 11.3 Å². The Labute approximate surface area is 138 Å². The fraction of sp³-hybridized carbons (Fsp3) is 0.500. The molecule has 22 heavy (non-hydrogen) atoms. The number of carbonyl (C=O) groups is 1. The van der Waals surface area contributed by atoms with Gasteiger partial charge in [-0.15, -0.1) is 11.3 Å². The van der Waals surface area contributed by atoms with Gasteiger partial charge >= 0.3 is 0 Å². The lowest BCUT2D eigenvalue weighted by molar-refractivity contribution is 0.0734. The summed E-state index contributed by atoms with van der Waals surface area (Å²) in [6.07, 6.45) is 2.14. The molecule has 1 aliphatic carbocycles. The Hall–Kier alpha value is -1.24. The molecule has 0 aliphatic heterocycles. The van der Waals surface area contributed by atoms with E-state index in [2.05, 4.69) is 21.8 Å². The number of rotatable bonds is 6. The number of thiazole rings is 1. The molecule has 1 fully saturated rings. The summed E-state index contributed by atoms with van der Waals surface area (Å²) in [6, 6.07) is 2.47. The van der Waals surface area contributed by atoms with Crippen LogP contribution >= 0.6 is 22.7 Å². The van der Waals surface area contributed by atoms with Crippen molar-refractivity contribution in [1.29, 1.82) is 0 Å². The lowest BCUT2D eigenvalue weighted by Gasteiger charge is -2.21. The quantitative estimate of drug-likeness (QED) is 0.800. The molecule has 0 bridgehead atoms. The van der Waals surface area contributed by atoms with Gasteiger partial charge in [0.1, 0.15) is 16.0 Å². The zero-order chi connectivity index (χ0) is 15.7. The lowest BCUT2D eigenvalue weighted by Crippen LogP contribution is -2.32. The number of methoxy groups -OCH3 is 1. The minimum Gasteiger partial charge on any atom is -0.375 e. The number of hydrogen-bond acceptors (Lipinski definition) is 5. The summed E-state index contributed by atoms with van der Waals surface area (Å²) in [5.74, 6) is 0.109. The van der Waals surface area contributed by atoms with Crippen LogP contribution in [-0.2, 0) is 11.3 Å². The maximum absolute atomic E-state index is 13.0. The molecule has 1 atom stereocenters. The number of amides is 1. The average molecular weight is 336 g/mol. The summed E-state index contributed by atoms with van der Waals surface area (Å²) in [5.41, 5.74) is 2.02. The third-order valence-corrected chi connectivity index (χ3v) is 5.93. The summed E-state index contributed by atoms with van der Waals surface area (Å²) >= 11 is 3.13. The third-order valence-electron chi connectivity index (χ3n) is 3.89. The Kier molecular flexibility index (Phi) is 4.61. The highest BCUT2D eigenvalue weighted by Crippen LogP contribution is 2.33. The lowest BCUT2D eigenvalue weighted by atomic mass is 10.2. The normalized spacial score (nSPS) is 15.8. The second-order valence-corrected chi connectivity index (χ2v) is 7.45. The Morgan fingerprint density at radius 2 is 2.32 bits per heavy atom. The molecular weight excluding hydrogens is 316 g/mol. The van der Waals surface area contributed by atoms with E-state index in [1.165, 1.54) is 16.9 Å². The molecule has 2 aromatic rings. The highest BCUT2D eigenvalue weighted by atomic mass is 32.1. The summed E-state index contributed by atoms with van der Waals surface area (Å²) in [6.45, 7) is 4.56. The van der Waals surface area contributed by atoms with Crippen LogP contribution in [0.2, 0.25) is 0 Å². The van der Waals surface area contributed by atoms with Crippen molar-refractivity contribution in [2.45, 2.75) is 45.4 Å². The topological polar surface area (TPSA) is 42.4 Å². The molecule has 3 rings (SSSR count). The van der Waals surface area contributed by atoms with Gasteiger partial charge < -0.3 is 9.64 Å². The minimum absolute atomic E-state index is 0.0727. The SMILES string of the molecule is CO[C@H](C)c1nc(C)c(C(=O)N(Cc2ccsc2)C2CC2)s1. The largest absolute Gasteiger partial charge is 0.375 e. The van der Waals surface area contributed by atoms with Crippen molar-refractivity contribution in [3.63, 3.8) is 0 Å². The van der Waals surface area contributed by atoms with E-state index in [0.717, 1.165) is 28.4 Å². The van der Waals surface area contributed by atoms with Crippen molar-refractivity contribution in [2.75, 3.05) is 7.11 Å². The van der Waals surface area contributed by atoms with E-state index in [9.17, 15) is 4.79 Å². The number of hydrogen-bond donors (Lipinski definition) is 0. The number of nitrogens with zero attached hydrogens (tertiary/aromatic N) is 2. The number of ether oxygens (including phenoxy) is 1. The molecule has 118 valence electrons. The second kappa shape index (κ2) is 6.48. The first-order chi connectivity index (χ1) is 10.6. The summed E-state index contributed by atoms with van der Waals surface area (Å²) in [4.78, 5) is 20.2. The molecular formula is C16H20N2O2S2. The van der Waals surface area contributed by atoms with Gasteiger partial charge in [-0.1, -0.05) is 0 Å². The number of aromatic nitrogens is 1. The first-order valence-corrected chi connectivity index (χ1v) is 9.18. The molecule has 1 saturated carbocycles. The molecule has 2 aromatic heterocycles. The van der Waals surface area contributed by atoms with Crippen molar-refractivity contribution < 1.29 is 9.53 Å². The van der Waals surface area contributed by atoms with Crippen molar-refractivity contribution in [2.24, 2.45) is 0 Å². The van der Waals surface area contributed by atoms with E-state index in [1.807, 2.05) is 18.7 Å². The van der Waals surface area contributed by atoms with Gasteiger partial charge in [0, 0.05) is 19.7 Å². The van der Waals surface area contributed by atoms with Gasteiger partial charge in [0.05, 0.1) is 5.69 Å². The maximum atomic E-state index is 13.0. The van der Waals surface area contributed by atoms with Crippen molar-refractivity contribution in [1.82, 2.24) is 9.88 Å². The fourth-order valence-electron chi connectivity index (χ4n) is 2.35. The Balaban J connectivity index is 1.82. The molecule has 2 heterocycles. The monoisotopic (exact) mass is 336 g/mol. The zero-order valence-corrected chi connectivity index (χ0v) is 14.7. The number of carbonyl (C=O) groups excluding carboxylic acids is 1. The van der Waals surface area contributed by atoms with Crippen LogP contribution in [0.1, 0.15) is 51.8 Å². The maximum Gasteiger partial charge on any atom is 0.266 e. The van der Waals surface area contributed by atoms with E-state index in [1.54, 1.807) is 18.4 Å². The molecule has 1 amide bonds. The predicted molar refractivity (Wildman–Crippen MR) is 89.5 cm³/mol. The standard InChI is InChI=1S/C16H20N2O2S2/c1-10-14(22-15(17-10)11(2)20-3)16(19)18(13-4-5-13)8-12-6-7-21-9-12/h6-7,9,11,13H,4-5,8H2,1-3H3/t11-/m1/s1. The molecule has 0 saturated heterocycles. The Morgan fingerprint density at radius 3 is 2.91 bits per heavy atom. The Bertz CT molecular complexity index is 647. The average Bonchev–Trinajstić information content (AvgIpc) is 3.08. The third kappa shape index (κ3) is 3.24. The molecule has 6 heteroatoms. The van der Waals surface area contributed by atoms with Crippen molar-refractivity contribution >= 4 is 28.6 Å². The molecule has 0 N–H and O–H groups in total. The van der Waals surface area contributed by atoms with E-state index in [0.29, 0.717) is 12.6 Å². The molecule has 4 nitrogen and oxygen atoms in total. The molecule has 0 aromatic carbocycles. The van der Waals surface area contributed by atoms with E-state index in [-0.39, 0.29) is 12.0 Å². The highest BCUT2D eigenvalue weighted by Gasteiger charge is 2.34. The molecule has 0 spiro atoms. The van der Waals surface area contributed by atoms with Gasteiger partial charge in [0.15, 0.2) is 0 Å².